The molecule has 0 aliphatic carbocycles. The number of sulfonamides is 1. The maximum absolute atomic E-state index is 12.6. The van der Waals surface area contributed by atoms with Crippen LogP contribution in [0.4, 0.5) is 0 Å². The summed E-state index contributed by atoms with van der Waals surface area (Å²) in [4.78, 5) is 14.4. The number of rotatable bonds is 6. The lowest BCUT2D eigenvalue weighted by Crippen LogP contribution is -2.40. The zero-order valence-electron chi connectivity index (χ0n) is 15.2. The van der Waals surface area contributed by atoms with E-state index in [1.165, 1.54) is 4.31 Å². The number of ether oxygens (including phenoxy) is 1. The predicted molar refractivity (Wildman–Crippen MR) is 98.4 cm³/mol. The molecule has 3 rings (SSSR count). The number of morpholine rings is 1. The van der Waals surface area contributed by atoms with E-state index in [2.05, 4.69) is 5.32 Å². The number of carbonyl (C=O) groups excluding carboxylic acids is 1. The Labute approximate surface area is 155 Å². The Kier molecular flexibility index (Phi) is 6.29. The van der Waals surface area contributed by atoms with Crippen LogP contribution in [-0.4, -0.2) is 76.0 Å². The third-order valence-corrected chi connectivity index (χ3v) is 7.05. The van der Waals surface area contributed by atoms with Crippen LogP contribution in [-0.2, 0) is 26.0 Å². The fourth-order valence-electron chi connectivity index (χ4n) is 3.37. The lowest BCUT2D eigenvalue weighted by molar-refractivity contribution is -0.131. The van der Waals surface area contributed by atoms with Crippen molar-refractivity contribution in [2.24, 2.45) is 0 Å². The zero-order chi connectivity index (χ0) is 18.6. The first-order valence-electron chi connectivity index (χ1n) is 9.12. The Balaban J connectivity index is 1.56. The Morgan fingerprint density at radius 1 is 1.27 bits per heavy atom. The van der Waals surface area contributed by atoms with Crippen molar-refractivity contribution >= 4 is 15.9 Å². The van der Waals surface area contributed by atoms with Gasteiger partial charge in [-0.05, 0) is 37.1 Å². The lowest BCUT2D eigenvalue weighted by atomic mass is 10.1. The average molecular weight is 381 g/mol. The highest BCUT2D eigenvalue weighted by atomic mass is 32.2. The SMILES string of the molecule is CN(C(=O)CCc1ccc(S(=O)(=O)N2CCOCC2)cc1)C1CCNC1. The van der Waals surface area contributed by atoms with E-state index in [9.17, 15) is 13.2 Å². The number of hydrogen-bond donors (Lipinski definition) is 1. The Hall–Kier alpha value is -1.48. The minimum atomic E-state index is -3.46. The van der Waals surface area contributed by atoms with Gasteiger partial charge in [0.25, 0.3) is 0 Å². The van der Waals surface area contributed by atoms with Crippen molar-refractivity contribution in [3.8, 4) is 0 Å². The molecule has 7 nitrogen and oxygen atoms in total. The predicted octanol–water partition coefficient (Wildman–Crippen LogP) is 0.460. The van der Waals surface area contributed by atoms with E-state index in [0.717, 1.165) is 25.1 Å². The highest BCUT2D eigenvalue weighted by Gasteiger charge is 2.26. The van der Waals surface area contributed by atoms with Crippen molar-refractivity contribution in [1.82, 2.24) is 14.5 Å². The van der Waals surface area contributed by atoms with Crippen molar-refractivity contribution in [3.05, 3.63) is 29.8 Å². The number of nitrogens with zero attached hydrogens (tertiary/aromatic N) is 2. The van der Waals surface area contributed by atoms with Gasteiger partial charge in [-0.1, -0.05) is 12.1 Å². The van der Waals surface area contributed by atoms with Gasteiger partial charge in [0.15, 0.2) is 0 Å². The fraction of sp³-hybridized carbons (Fsp3) is 0.611. The van der Waals surface area contributed by atoms with Crippen molar-refractivity contribution in [2.45, 2.75) is 30.2 Å². The molecule has 0 bridgehead atoms. The average Bonchev–Trinajstić information content (AvgIpc) is 3.21. The van der Waals surface area contributed by atoms with Crippen LogP contribution in [0.1, 0.15) is 18.4 Å². The Morgan fingerprint density at radius 2 is 1.96 bits per heavy atom. The molecular formula is C18H27N3O4S. The van der Waals surface area contributed by atoms with Gasteiger partial charge in [0.2, 0.25) is 15.9 Å². The number of nitrogens with one attached hydrogen (secondary N) is 1. The van der Waals surface area contributed by atoms with Crippen molar-refractivity contribution in [1.29, 1.82) is 0 Å². The van der Waals surface area contributed by atoms with Gasteiger partial charge in [0.05, 0.1) is 18.1 Å². The molecule has 2 aliphatic rings. The first-order valence-corrected chi connectivity index (χ1v) is 10.6. The normalized spacial score (nSPS) is 21.7. The van der Waals surface area contributed by atoms with Gasteiger partial charge < -0.3 is 15.0 Å². The van der Waals surface area contributed by atoms with E-state index in [0.29, 0.717) is 44.0 Å². The summed E-state index contributed by atoms with van der Waals surface area (Å²) < 4.78 is 31.9. The van der Waals surface area contributed by atoms with Gasteiger partial charge in [-0.3, -0.25) is 4.79 Å². The van der Waals surface area contributed by atoms with E-state index in [-0.39, 0.29) is 11.9 Å². The minimum Gasteiger partial charge on any atom is -0.379 e. The van der Waals surface area contributed by atoms with E-state index >= 15 is 0 Å². The second-order valence-corrected chi connectivity index (χ2v) is 8.75. The van der Waals surface area contributed by atoms with Crippen molar-refractivity contribution < 1.29 is 17.9 Å². The summed E-state index contributed by atoms with van der Waals surface area (Å²) in [6.07, 6.45) is 2.04. The topological polar surface area (TPSA) is 79.0 Å². The summed E-state index contributed by atoms with van der Waals surface area (Å²) in [5.74, 6) is 0.128. The maximum Gasteiger partial charge on any atom is 0.243 e. The van der Waals surface area contributed by atoms with Gasteiger partial charge >= 0.3 is 0 Å². The quantitative estimate of drug-likeness (QED) is 0.775. The summed E-state index contributed by atoms with van der Waals surface area (Å²) in [7, 11) is -1.60. The smallest absolute Gasteiger partial charge is 0.243 e. The van der Waals surface area contributed by atoms with Gasteiger partial charge in [-0.15, -0.1) is 0 Å². The van der Waals surface area contributed by atoms with E-state index in [1.54, 1.807) is 24.3 Å². The molecule has 1 aromatic rings. The number of benzene rings is 1. The van der Waals surface area contributed by atoms with Crippen LogP contribution < -0.4 is 5.32 Å². The van der Waals surface area contributed by atoms with Crippen molar-refractivity contribution in [3.63, 3.8) is 0 Å². The van der Waals surface area contributed by atoms with Crippen LogP contribution in [0.3, 0.4) is 0 Å². The standard InChI is InChI=1S/C18H27N3O4S/c1-20(16-8-9-19-14-16)18(22)7-4-15-2-5-17(6-3-15)26(23,24)21-10-12-25-13-11-21/h2-3,5-6,16,19H,4,7-14H2,1H3. The molecule has 2 fully saturated rings. The van der Waals surface area contributed by atoms with Crippen LogP contribution in [0.2, 0.25) is 0 Å². The molecule has 0 radical (unpaired) electrons. The minimum absolute atomic E-state index is 0.128. The molecule has 0 spiro atoms. The number of carbonyl (C=O) groups is 1. The molecule has 8 heteroatoms. The van der Waals surface area contributed by atoms with Gasteiger partial charge in [-0.2, -0.15) is 4.31 Å². The Bertz CT molecular complexity index is 708. The molecule has 1 amide bonds. The number of amides is 1. The monoisotopic (exact) mass is 381 g/mol. The summed E-state index contributed by atoms with van der Waals surface area (Å²) in [5.41, 5.74) is 0.970. The molecule has 1 atom stereocenters. The highest BCUT2D eigenvalue weighted by molar-refractivity contribution is 7.89. The molecule has 2 aliphatic heterocycles. The lowest BCUT2D eigenvalue weighted by Gasteiger charge is -2.26. The van der Waals surface area contributed by atoms with Crippen LogP contribution in [0.15, 0.2) is 29.2 Å². The molecule has 2 saturated heterocycles. The molecule has 1 N–H and O–H groups in total. The fourth-order valence-corrected chi connectivity index (χ4v) is 4.77. The van der Waals surface area contributed by atoms with Crippen LogP contribution in [0.25, 0.3) is 0 Å². The maximum atomic E-state index is 12.6. The van der Waals surface area contributed by atoms with Crippen molar-refractivity contribution in [2.75, 3.05) is 46.4 Å². The first kappa shape index (κ1) is 19.3. The molecule has 26 heavy (non-hydrogen) atoms. The molecule has 144 valence electrons. The molecule has 2 heterocycles. The summed E-state index contributed by atoms with van der Waals surface area (Å²) >= 11 is 0. The van der Waals surface area contributed by atoms with E-state index in [1.807, 2.05) is 11.9 Å². The molecule has 0 aromatic heterocycles. The van der Waals surface area contributed by atoms with Gasteiger partial charge in [0, 0.05) is 39.1 Å². The second-order valence-electron chi connectivity index (χ2n) is 6.81. The Morgan fingerprint density at radius 3 is 2.58 bits per heavy atom. The molecule has 1 unspecified atom stereocenters. The molecule has 1 aromatic carbocycles. The first-order chi connectivity index (χ1) is 12.5. The summed E-state index contributed by atoms with van der Waals surface area (Å²) in [5, 5.41) is 3.27. The largest absolute Gasteiger partial charge is 0.379 e. The summed E-state index contributed by atoms with van der Waals surface area (Å²) in [6, 6.07) is 7.16. The second kappa shape index (κ2) is 8.47. The zero-order valence-corrected chi connectivity index (χ0v) is 16.0. The van der Waals surface area contributed by atoms with Crippen LogP contribution >= 0.6 is 0 Å². The van der Waals surface area contributed by atoms with Crippen LogP contribution in [0.5, 0.6) is 0 Å². The third-order valence-electron chi connectivity index (χ3n) is 5.13. The molecule has 0 saturated carbocycles. The van der Waals surface area contributed by atoms with Gasteiger partial charge in [0.1, 0.15) is 0 Å². The van der Waals surface area contributed by atoms with Crippen LogP contribution in [0, 0.1) is 0 Å². The summed E-state index contributed by atoms with van der Waals surface area (Å²) in [6.45, 7) is 3.46. The third kappa shape index (κ3) is 4.43. The highest BCUT2D eigenvalue weighted by Crippen LogP contribution is 2.18. The molecular weight excluding hydrogens is 354 g/mol. The van der Waals surface area contributed by atoms with Gasteiger partial charge in [-0.25, -0.2) is 8.42 Å². The van der Waals surface area contributed by atoms with E-state index < -0.39 is 10.0 Å². The number of likely N-dealkylation sites (N-methyl/N-ethyl adjacent to an activating group) is 1. The number of aryl methyl sites for hydroxylation is 1. The van der Waals surface area contributed by atoms with E-state index in [4.69, 9.17) is 4.74 Å². The number of hydrogen-bond acceptors (Lipinski definition) is 5.